The molecular weight excluding hydrogens is 158 g/mol. The number of aliphatic hydroxyl groups excluding tert-OH is 1. The lowest BCUT2D eigenvalue weighted by molar-refractivity contribution is 0.322. The predicted molar refractivity (Wildman–Crippen MR) is 48.7 cm³/mol. The van der Waals surface area contributed by atoms with Crippen LogP contribution in [-0.4, -0.2) is 17.5 Å². The second-order valence-corrected chi connectivity index (χ2v) is 3.25. The zero-order chi connectivity index (χ0) is 8.10. The molecule has 0 aliphatic rings. The zero-order valence-corrected chi connectivity index (χ0v) is 6.97. The molecule has 0 aliphatic heterocycles. The highest BCUT2D eigenvalue weighted by Gasteiger charge is 1.95. The minimum Gasteiger partial charge on any atom is -0.398 e. The minimum atomic E-state index is 0.193. The molecule has 0 saturated carbocycles. The van der Waals surface area contributed by atoms with Crippen LogP contribution >= 0.6 is 11.8 Å². The van der Waals surface area contributed by atoms with E-state index in [1.807, 2.05) is 24.3 Å². The minimum absolute atomic E-state index is 0.193. The smallest absolute Gasteiger partial charge is 0.0525 e. The fraction of sp³-hybridized carbons (Fsp3) is 0.250. The van der Waals surface area contributed by atoms with Crippen molar-refractivity contribution in [2.45, 2.75) is 4.90 Å². The molecule has 0 heterocycles. The Morgan fingerprint density at radius 3 is 2.73 bits per heavy atom. The first-order chi connectivity index (χ1) is 5.34. The first kappa shape index (κ1) is 8.43. The van der Waals surface area contributed by atoms with Crippen LogP contribution in [0.3, 0.4) is 0 Å². The maximum Gasteiger partial charge on any atom is 0.0525 e. The molecule has 60 valence electrons. The van der Waals surface area contributed by atoms with Gasteiger partial charge in [-0.15, -0.1) is 11.8 Å². The number of anilines is 1. The summed E-state index contributed by atoms with van der Waals surface area (Å²) in [6, 6.07) is 7.66. The van der Waals surface area contributed by atoms with Crippen molar-refractivity contribution in [1.82, 2.24) is 0 Å². The molecule has 2 nitrogen and oxygen atoms in total. The van der Waals surface area contributed by atoms with Crippen LogP contribution in [0.1, 0.15) is 0 Å². The maximum atomic E-state index is 8.56. The molecule has 0 spiro atoms. The Hall–Kier alpha value is -0.670. The van der Waals surface area contributed by atoms with E-state index in [0.717, 1.165) is 10.6 Å². The molecule has 0 aromatic heterocycles. The molecule has 0 amide bonds. The fourth-order valence-electron chi connectivity index (χ4n) is 0.768. The van der Waals surface area contributed by atoms with Crippen molar-refractivity contribution in [3.8, 4) is 0 Å². The zero-order valence-electron chi connectivity index (χ0n) is 6.16. The van der Waals surface area contributed by atoms with Gasteiger partial charge >= 0.3 is 0 Å². The first-order valence-corrected chi connectivity index (χ1v) is 4.41. The fourth-order valence-corrected chi connectivity index (χ4v) is 1.49. The number of nitrogen functional groups attached to an aromatic ring is 1. The molecule has 0 saturated heterocycles. The van der Waals surface area contributed by atoms with Crippen molar-refractivity contribution in [2.24, 2.45) is 0 Å². The standard InChI is InChI=1S/C8H11NOS/c9-7-3-1-2-4-8(7)11-6-5-10/h1-4,10H,5-6,9H2. The Morgan fingerprint density at radius 1 is 1.36 bits per heavy atom. The number of aliphatic hydroxyl groups is 1. The molecule has 0 unspecified atom stereocenters. The van der Waals surface area contributed by atoms with Gasteiger partial charge < -0.3 is 10.8 Å². The number of benzene rings is 1. The van der Waals surface area contributed by atoms with E-state index < -0.39 is 0 Å². The van der Waals surface area contributed by atoms with Crippen LogP contribution in [-0.2, 0) is 0 Å². The number of nitrogens with two attached hydrogens (primary N) is 1. The Kier molecular flexibility index (Phi) is 3.26. The second-order valence-electron chi connectivity index (χ2n) is 2.11. The first-order valence-electron chi connectivity index (χ1n) is 3.43. The Morgan fingerprint density at radius 2 is 2.09 bits per heavy atom. The van der Waals surface area contributed by atoms with Crippen LogP contribution in [0.5, 0.6) is 0 Å². The van der Waals surface area contributed by atoms with Crippen LogP contribution in [0.4, 0.5) is 5.69 Å². The maximum absolute atomic E-state index is 8.56. The van der Waals surface area contributed by atoms with Gasteiger partial charge in [0.15, 0.2) is 0 Å². The van der Waals surface area contributed by atoms with Gasteiger partial charge in [-0.3, -0.25) is 0 Å². The molecule has 3 N–H and O–H groups in total. The lowest BCUT2D eigenvalue weighted by Gasteiger charge is -2.01. The van der Waals surface area contributed by atoms with Crippen molar-refractivity contribution in [1.29, 1.82) is 0 Å². The normalized spacial score (nSPS) is 9.91. The van der Waals surface area contributed by atoms with Crippen molar-refractivity contribution in [3.05, 3.63) is 24.3 Å². The third kappa shape index (κ3) is 2.44. The lowest BCUT2D eigenvalue weighted by Crippen LogP contribution is -1.90. The molecule has 0 fully saturated rings. The van der Waals surface area contributed by atoms with Crippen LogP contribution in [0, 0.1) is 0 Å². The molecular formula is C8H11NOS. The molecule has 1 aromatic carbocycles. The summed E-state index contributed by atoms with van der Waals surface area (Å²) in [5.41, 5.74) is 6.44. The third-order valence-electron chi connectivity index (χ3n) is 1.27. The van der Waals surface area contributed by atoms with Gasteiger partial charge in [0.05, 0.1) is 6.61 Å². The summed E-state index contributed by atoms with van der Waals surface area (Å²) in [6.07, 6.45) is 0. The van der Waals surface area contributed by atoms with E-state index in [4.69, 9.17) is 10.8 Å². The van der Waals surface area contributed by atoms with Crippen molar-refractivity contribution in [3.63, 3.8) is 0 Å². The quantitative estimate of drug-likeness (QED) is 0.530. The Labute approximate surface area is 70.4 Å². The van der Waals surface area contributed by atoms with Gasteiger partial charge in [-0.25, -0.2) is 0 Å². The highest BCUT2D eigenvalue weighted by atomic mass is 32.2. The van der Waals surface area contributed by atoms with Crippen LogP contribution in [0.25, 0.3) is 0 Å². The highest BCUT2D eigenvalue weighted by molar-refractivity contribution is 7.99. The second kappa shape index (κ2) is 4.26. The van der Waals surface area contributed by atoms with Gasteiger partial charge in [-0.05, 0) is 12.1 Å². The summed E-state index contributed by atoms with van der Waals surface area (Å²) in [7, 11) is 0. The van der Waals surface area contributed by atoms with Gasteiger partial charge in [-0.1, -0.05) is 12.1 Å². The Bertz CT molecular complexity index is 227. The van der Waals surface area contributed by atoms with E-state index in [9.17, 15) is 0 Å². The summed E-state index contributed by atoms with van der Waals surface area (Å²) in [5, 5.41) is 8.56. The molecule has 0 aliphatic carbocycles. The monoisotopic (exact) mass is 169 g/mol. The highest BCUT2D eigenvalue weighted by Crippen LogP contribution is 2.23. The van der Waals surface area contributed by atoms with E-state index in [1.54, 1.807) is 11.8 Å². The van der Waals surface area contributed by atoms with Crippen molar-refractivity contribution >= 4 is 17.4 Å². The molecule has 1 aromatic rings. The number of para-hydroxylation sites is 1. The predicted octanol–water partition coefficient (Wildman–Crippen LogP) is 1.35. The number of rotatable bonds is 3. The summed E-state index contributed by atoms with van der Waals surface area (Å²) < 4.78 is 0. The van der Waals surface area contributed by atoms with Gasteiger partial charge in [0, 0.05) is 16.3 Å². The molecule has 0 bridgehead atoms. The summed E-state index contributed by atoms with van der Waals surface area (Å²) in [4.78, 5) is 1.04. The van der Waals surface area contributed by atoms with Gasteiger partial charge in [-0.2, -0.15) is 0 Å². The summed E-state index contributed by atoms with van der Waals surface area (Å²) >= 11 is 1.57. The van der Waals surface area contributed by atoms with Crippen molar-refractivity contribution in [2.75, 3.05) is 18.1 Å². The lowest BCUT2D eigenvalue weighted by atomic mass is 10.3. The van der Waals surface area contributed by atoms with E-state index in [0.29, 0.717) is 5.75 Å². The van der Waals surface area contributed by atoms with E-state index in [-0.39, 0.29) is 6.61 Å². The van der Waals surface area contributed by atoms with E-state index in [1.165, 1.54) is 0 Å². The number of hydrogen-bond donors (Lipinski definition) is 2. The van der Waals surface area contributed by atoms with E-state index in [2.05, 4.69) is 0 Å². The molecule has 0 atom stereocenters. The average Bonchev–Trinajstić information content (AvgIpc) is 2.03. The van der Waals surface area contributed by atoms with Crippen LogP contribution < -0.4 is 5.73 Å². The average molecular weight is 169 g/mol. The van der Waals surface area contributed by atoms with Crippen molar-refractivity contribution < 1.29 is 5.11 Å². The largest absolute Gasteiger partial charge is 0.398 e. The summed E-state index contributed by atoms with van der Waals surface area (Å²) in [5.74, 6) is 0.703. The number of hydrogen-bond acceptors (Lipinski definition) is 3. The Balaban J connectivity index is 2.62. The van der Waals surface area contributed by atoms with Gasteiger partial charge in [0.2, 0.25) is 0 Å². The topological polar surface area (TPSA) is 46.2 Å². The summed E-state index contributed by atoms with van der Waals surface area (Å²) in [6.45, 7) is 0.193. The number of thioether (sulfide) groups is 1. The molecule has 1 rings (SSSR count). The van der Waals surface area contributed by atoms with E-state index >= 15 is 0 Å². The molecule has 3 heteroatoms. The van der Waals surface area contributed by atoms with Gasteiger partial charge in [0.25, 0.3) is 0 Å². The van der Waals surface area contributed by atoms with Gasteiger partial charge in [0.1, 0.15) is 0 Å². The third-order valence-corrected chi connectivity index (χ3v) is 2.34. The molecule has 11 heavy (non-hydrogen) atoms. The molecule has 0 radical (unpaired) electrons. The van der Waals surface area contributed by atoms with Crippen LogP contribution in [0.15, 0.2) is 29.2 Å². The van der Waals surface area contributed by atoms with Crippen LogP contribution in [0.2, 0.25) is 0 Å². The SMILES string of the molecule is Nc1ccccc1SCCO.